The number of hydrogen-bond donors (Lipinski definition) is 1. The Morgan fingerprint density at radius 3 is 2.52 bits per heavy atom. The summed E-state index contributed by atoms with van der Waals surface area (Å²) in [4.78, 5) is 11.1. The number of fused-ring (bicyclic) bond motifs is 4. The Hall–Kier alpha value is -2.35. The van der Waals surface area contributed by atoms with Crippen LogP contribution in [0.1, 0.15) is 28.3 Å². The Morgan fingerprint density at radius 2 is 1.71 bits per heavy atom. The maximum absolute atomic E-state index is 11.1. The molecule has 0 saturated carbocycles. The summed E-state index contributed by atoms with van der Waals surface area (Å²) in [6.07, 6.45) is 6.43. The van der Waals surface area contributed by atoms with Crippen molar-refractivity contribution >= 4 is 12.0 Å². The number of carbonyl (C=O) groups excluding carboxylic acids is 1. The summed E-state index contributed by atoms with van der Waals surface area (Å²) in [6, 6.07) is 17.1. The van der Waals surface area contributed by atoms with Crippen molar-refractivity contribution in [2.75, 3.05) is 0 Å². The van der Waals surface area contributed by atoms with Gasteiger partial charge in [-0.15, -0.1) is 0 Å². The molecule has 21 heavy (non-hydrogen) atoms. The van der Waals surface area contributed by atoms with Crippen molar-refractivity contribution in [2.45, 2.75) is 18.9 Å². The van der Waals surface area contributed by atoms with E-state index in [-0.39, 0.29) is 11.8 Å². The van der Waals surface area contributed by atoms with Crippen LogP contribution in [0.3, 0.4) is 0 Å². The van der Waals surface area contributed by atoms with E-state index in [9.17, 15) is 4.79 Å². The maximum Gasteiger partial charge on any atom is 0.226 e. The van der Waals surface area contributed by atoms with Gasteiger partial charge >= 0.3 is 0 Å². The Kier molecular flexibility index (Phi) is 2.88. The number of hydrogen-bond acceptors (Lipinski definition) is 1. The molecule has 2 atom stereocenters. The number of amides is 1. The molecule has 5 rings (SSSR count). The van der Waals surface area contributed by atoms with E-state index in [1.165, 1.54) is 22.3 Å². The normalized spacial score (nSPS) is 23.1. The molecular weight excluding hydrogens is 258 g/mol. The monoisotopic (exact) mass is 275 g/mol. The van der Waals surface area contributed by atoms with E-state index in [0.29, 0.717) is 6.04 Å². The molecule has 0 unspecified atom stereocenters. The van der Waals surface area contributed by atoms with Crippen LogP contribution < -0.4 is 5.32 Å². The zero-order valence-corrected chi connectivity index (χ0v) is 11.8. The molecule has 2 heteroatoms. The maximum atomic E-state index is 11.1. The van der Waals surface area contributed by atoms with Gasteiger partial charge in [-0.1, -0.05) is 60.7 Å². The largest absolute Gasteiger partial charge is 0.348 e. The van der Waals surface area contributed by atoms with Crippen molar-refractivity contribution in [3.8, 4) is 0 Å². The molecule has 104 valence electrons. The molecule has 1 amide bonds. The summed E-state index contributed by atoms with van der Waals surface area (Å²) in [5.74, 6) is 0.457. The second-order valence-corrected chi connectivity index (χ2v) is 5.80. The number of allylic oxidation sites excluding steroid dienone is 1. The van der Waals surface area contributed by atoms with Gasteiger partial charge in [0, 0.05) is 0 Å². The molecule has 2 aromatic carbocycles. The van der Waals surface area contributed by atoms with E-state index >= 15 is 0 Å². The third-order valence-electron chi connectivity index (χ3n) is 4.56. The Bertz CT molecular complexity index is 732. The lowest BCUT2D eigenvalue weighted by molar-refractivity contribution is -0.134. The van der Waals surface area contributed by atoms with Gasteiger partial charge in [0.15, 0.2) is 0 Å². The van der Waals surface area contributed by atoms with Crippen LogP contribution in [-0.4, -0.2) is 5.91 Å². The number of nitrogens with one attached hydrogen (secondary N) is 1. The van der Waals surface area contributed by atoms with E-state index in [4.69, 9.17) is 0 Å². The molecule has 1 aliphatic heterocycles. The third kappa shape index (κ3) is 2.07. The number of carbonyl (C=O) groups is 1. The molecule has 1 heterocycles. The van der Waals surface area contributed by atoms with Gasteiger partial charge in [-0.3, -0.25) is 4.79 Å². The average Bonchev–Trinajstić information content (AvgIpc) is 3.10. The first-order valence-electron chi connectivity index (χ1n) is 7.45. The third-order valence-corrected chi connectivity index (χ3v) is 4.56. The van der Waals surface area contributed by atoms with E-state index in [0.717, 1.165) is 12.8 Å². The smallest absolute Gasteiger partial charge is 0.226 e. The predicted molar refractivity (Wildman–Crippen MR) is 83.7 cm³/mol. The molecule has 0 aromatic heterocycles. The SMILES string of the molecule is C1=Cc2ccccc2C1.O=C1N[C@H]2c3ccccc3C[C@@H]12. The van der Waals surface area contributed by atoms with Gasteiger partial charge in [0.2, 0.25) is 5.91 Å². The molecule has 1 fully saturated rings. The Labute approximate surface area is 124 Å². The molecule has 2 aliphatic carbocycles. The van der Waals surface area contributed by atoms with Crippen LogP contribution in [0.2, 0.25) is 0 Å². The fourth-order valence-electron chi connectivity index (χ4n) is 3.38. The molecular formula is C19H17NO. The molecule has 0 radical (unpaired) electrons. The van der Waals surface area contributed by atoms with Gasteiger partial charge in [-0.05, 0) is 35.1 Å². The van der Waals surface area contributed by atoms with E-state index in [1.54, 1.807) is 0 Å². The average molecular weight is 275 g/mol. The standard InChI is InChI=1S/C10H9NO.C9H8/c12-10-8-5-6-3-1-2-4-7(6)9(8)11-10;1-2-5-9-7-3-6-8(9)4-1/h1-4,8-9H,5H2,(H,11,12);1-6H,7H2/t8-,9+;/m1./s1. The summed E-state index contributed by atoms with van der Waals surface area (Å²) in [5.41, 5.74) is 5.50. The zero-order chi connectivity index (χ0) is 14.2. The minimum Gasteiger partial charge on any atom is -0.348 e. The second-order valence-electron chi connectivity index (χ2n) is 5.80. The molecule has 0 bridgehead atoms. The molecule has 2 aromatic rings. The van der Waals surface area contributed by atoms with Crippen LogP contribution >= 0.6 is 0 Å². The van der Waals surface area contributed by atoms with Crippen LogP contribution in [0.5, 0.6) is 0 Å². The van der Waals surface area contributed by atoms with Gasteiger partial charge in [-0.2, -0.15) is 0 Å². The van der Waals surface area contributed by atoms with Crippen molar-refractivity contribution < 1.29 is 4.79 Å². The molecule has 2 nitrogen and oxygen atoms in total. The lowest BCUT2D eigenvalue weighted by Gasteiger charge is -2.31. The minimum absolute atomic E-state index is 0.219. The van der Waals surface area contributed by atoms with Gasteiger partial charge in [0.05, 0.1) is 12.0 Å². The predicted octanol–water partition coefficient (Wildman–Crippen LogP) is 3.29. The lowest BCUT2D eigenvalue weighted by Crippen LogP contribution is -2.49. The number of rotatable bonds is 0. The Balaban J connectivity index is 0.000000115. The van der Waals surface area contributed by atoms with Crippen LogP contribution in [0.4, 0.5) is 0 Å². The summed E-state index contributed by atoms with van der Waals surface area (Å²) >= 11 is 0. The highest BCUT2D eigenvalue weighted by molar-refractivity contribution is 5.88. The van der Waals surface area contributed by atoms with Crippen LogP contribution in [0.15, 0.2) is 54.6 Å². The number of benzene rings is 2. The lowest BCUT2D eigenvalue weighted by atomic mass is 9.92. The van der Waals surface area contributed by atoms with Gasteiger partial charge in [0.1, 0.15) is 0 Å². The van der Waals surface area contributed by atoms with E-state index in [1.807, 2.05) is 12.1 Å². The minimum atomic E-state index is 0.219. The van der Waals surface area contributed by atoms with Gasteiger partial charge < -0.3 is 5.32 Å². The van der Waals surface area contributed by atoms with Crippen molar-refractivity contribution in [3.63, 3.8) is 0 Å². The van der Waals surface area contributed by atoms with E-state index in [2.05, 4.69) is 53.9 Å². The highest BCUT2D eigenvalue weighted by atomic mass is 16.2. The first-order chi connectivity index (χ1) is 10.3. The quantitative estimate of drug-likeness (QED) is 0.734. The highest BCUT2D eigenvalue weighted by Gasteiger charge is 2.45. The summed E-state index contributed by atoms with van der Waals surface area (Å²) in [5, 5.41) is 2.92. The van der Waals surface area contributed by atoms with E-state index < -0.39 is 0 Å². The summed E-state index contributed by atoms with van der Waals surface area (Å²) in [7, 11) is 0. The fourth-order valence-corrected chi connectivity index (χ4v) is 3.38. The summed E-state index contributed by atoms with van der Waals surface area (Å²) in [6.45, 7) is 0. The zero-order valence-electron chi connectivity index (χ0n) is 11.8. The van der Waals surface area contributed by atoms with Gasteiger partial charge in [-0.25, -0.2) is 0 Å². The molecule has 3 aliphatic rings. The van der Waals surface area contributed by atoms with Crippen LogP contribution in [-0.2, 0) is 17.6 Å². The van der Waals surface area contributed by atoms with Crippen molar-refractivity contribution in [1.82, 2.24) is 5.32 Å². The van der Waals surface area contributed by atoms with Crippen LogP contribution in [0.25, 0.3) is 6.08 Å². The first kappa shape index (κ1) is 12.4. The van der Waals surface area contributed by atoms with Crippen molar-refractivity contribution in [3.05, 3.63) is 76.9 Å². The fraction of sp³-hybridized carbons (Fsp3) is 0.211. The first-order valence-corrected chi connectivity index (χ1v) is 7.45. The summed E-state index contributed by atoms with van der Waals surface area (Å²) < 4.78 is 0. The van der Waals surface area contributed by atoms with Crippen molar-refractivity contribution in [2.24, 2.45) is 5.92 Å². The highest BCUT2D eigenvalue weighted by Crippen LogP contribution is 2.41. The van der Waals surface area contributed by atoms with Gasteiger partial charge in [0.25, 0.3) is 0 Å². The topological polar surface area (TPSA) is 29.1 Å². The molecule has 1 N–H and O–H groups in total. The molecule has 1 saturated heterocycles. The number of β-lactam (4-membered cyclic amide) rings is 1. The Morgan fingerprint density at radius 1 is 0.952 bits per heavy atom. The van der Waals surface area contributed by atoms with Crippen LogP contribution in [0, 0.1) is 5.92 Å². The second kappa shape index (κ2) is 4.88. The molecule has 0 spiro atoms. The van der Waals surface area contributed by atoms with Crippen molar-refractivity contribution in [1.29, 1.82) is 0 Å².